The topological polar surface area (TPSA) is 99.6 Å². The maximum atomic E-state index is 14.7. The Kier molecular flexibility index (Phi) is 8.54. The number of likely N-dealkylation sites (tertiary alicyclic amines) is 1. The number of carbonyl (C=O) groups is 3. The number of benzene rings is 1. The molecule has 9 heteroatoms. The van der Waals surface area contributed by atoms with E-state index in [0.717, 1.165) is 18.8 Å². The molecule has 1 aromatic carbocycles. The molecule has 4 aliphatic heterocycles. The van der Waals surface area contributed by atoms with Gasteiger partial charge in [-0.3, -0.25) is 14.4 Å². The quantitative estimate of drug-likeness (QED) is 0.370. The predicted octanol–water partition coefficient (Wildman–Crippen LogP) is 3.71. The van der Waals surface area contributed by atoms with Crippen LogP contribution in [0, 0.1) is 17.8 Å². The minimum atomic E-state index is -1.39. The highest BCUT2D eigenvalue weighted by Gasteiger charge is 2.75. The molecule has 0 bridgehead atoms. The second-order valence-electron chi connectivity index (χ2n) is 12.5. The van der Waals surface area contributed by atoms with E-state index in [9.17, 15) is 19.5 Å². The number of allylic oxidation sites excluding steroid dienone is 1. The summed E-state index contributed by atoms with van der Waals surface area (Å²) in [5.41, 5.74) is -0.748. The molecule has 6 atom stereocenters. The van der Waals surface area contributed by atoms with Crippen LogP contribution in [0.1, 0.15) is 53.9 Å². The van der Waals surface area contributed by atoms with Crippen LogP contribution in [0.4, 0.5) is 11.4 Å². The first-order valence-corrected chi connectivity index (χ1v) is 15.4. The van der Waals surface area contributed by atoms with Gasteiger partial charge in [0.25, 0.3) is 5.91 Å². The molecule has 4 aliphatic rings. The van der Waals surface area contributed by atoms with Crippen molar-refractivity contribution >= 4 is 29.2 Å². The standard InChI is InChI=1S/C33H45N3O6/c1-6-34(7-2)23-12-14-24(15-13-23)35-18-11-17-33-26(27-31(40)41-19-10-8-9-16-32(27,5)42-33)29(38)36(28(33)30(35)39)25(21-37)20-22(3)4/h9,11-17,22,25-28,37H,6-8,10,18-21H2,1-5H3/b16-9-/t25-,26+,27-,28?,32+,33+/m1/s1. The van der Waals surface area contributed by atoms with E-state index < -0.39 is 41.1 Å². The Bertz CT molecular complexity index is 1240. The van der Waals surface area contributed by atoms with Gasteiger partial charge >= 0.3 is 5.97 Å². The molecule has 2 saturated heterocycles. The van der Waals surface area contributed by atoms with Gasteiger partial charge in [-0.15, -0.1) is 0 Å². The van der Waals surface area contributed by atoms with Gasteiger partial charge in [0, 0.05) is 31.0 Å². The number of carbonyl (C=O) groups excluding carboxylic acids is 3. The third-order valence-electron chi connectivity index (χ3n) is 9.33. The van der Waals surface area contributed by atoms with Crippen molar-refractivity contribution in [2.24, 2.45) is 17.8 Å². The SMILES string of the molecule is CCN(CC)c1ccc(N2CC=C[C@]34O[C@@]5(C)/C=C\CCCOC(=O)[C@H]5[C@H]3C(=O)N([C@@H](CO)CC(C)C)C4C2=O)cc1. The Balaban J connectivity index is 1.62. The summed E-state index contributed by atoms with van der Waals surface area (Å²) >= 11 is 0. The first-order chi connectivity index (χ1) is 20.1. The smallest absolute Gasteiger partial charge is 0.313 e. The number of ether oxygens (including phenoxy) is 2. The minimum absolute atomic E-state index is 0.162. The number of amides is 2. The van der Waals surface area contributed by atoms with Crippen LogP contribution in [-0.4, -0.2) is 83.9 Å². The molecule has 9 nitrogen and oxygen atoms in total. The first kappa shape index (κ1) is 30.3. The van der Waals surface area contributed by atoms with Gasteiger partial charge in [-0.2, -0.15) is 0 Å². The second kappa shape index (κ2) is 11.8. The second-order valence-corrected chi connectivity index (χ2v) is 12.5. The van der Waals surface area contributed by atoms with Crippen molar-refractivity contribution in [1.82, 2.24) is 4.90 Å². The summed E-state index contributed by atoms with van der Waals surface area (Å²) in [6, 6.07) is 6.22. The molecule has 0 aromatic heterocycles. The van der Waals surface area contributed by atoms with Crippen molar-refractivity contribution in [3.63, 3.8) is 0 Å². The van der Waals surface area contributed by atoms with Crippen LogP contribution in [0.3, 0.4) is 0 Å². The van der Waals surface area contributed by atoms with Crippen LogP contribution in [0.15, 0.2) is 48.6 Å². The van der Waals surface area contributed by atoms with Crippen LogP contribution in [0.2, 0.25) is 0 Å². The Morgan fingerprint density at radius 3 is 2.38 bits per heavy atom. The number of cyclic esters (lactones) is 1. The largest absolute Gasteiger partial charge is 0.465 e. The van der Waals surface area contributed by atoms with E-state index in [-0.39, 0.29) is 37.5 Å². The lowest BCUT2D eigenvalue weighted by atomic mass is 9.74. The zero-order valence-corrected chi connectivity index (χ0v) is 25.5. The highest BCUT2D eigenvalue weighted by molar-refractivity contribution is 6.05. The van der Waals surface area contributed by atoms with Gasteiger partial charge in [0.15, 0.2) is 0 Å². The molecule has 4 heterocycles. The Morgan fingerprint density at radius 2 is 1.74 bits per heavy atom. The monoisotopic (exact) mass is 579 g/mol. The summed E-state index contributed by atoms with van der Waals surface area (Å²) in [7, 11) is 0. The number of nitrogens with zero attached hydrogens (tertiary/aromatic N) is 3. The van der Waals surface area contributed by atoms with E-state index in [1.165, 1.54) is 4.90 Å². The summed E-state index contributed by atoms with van der Waals surface area (Å²) in [5, 5.41) is 10.5. The van der Waals surface area contributed by atoms with Crippen molar-refractivity contribution in [3.8, 4) is 0 Å². The zero-order valence-electron chi connectivity index (χ0n) is 25.5. The van der Waals surface area contributed by atoms with E-state index in [1.54, 1.807) is 4.90 Å². The molecule has 42 heavy (non-hydrogen) atoms. The molecule has 0 aliphatic carbocycles. The molecule has 1 N–H and O–H groups in total. The average Bonchev–Trinajstić information content (AvgIpc) is 3.32. The van der Waals surface area contributed by atoms with Gasteiger partial charge in [0.1, 0.15) is 17.6 Å². The van der Waals surface area contributed by atoms with Crippen molar-refractivity contribution in [2.45, 2.75) is 77.2 Å². The first-order valence-electron chi connectivity index (χ1n) is 15.4. The van der Waals surface area contributed by atoms with Crippen molar-refractivity contribution in [3.05, 3.63) is 48.6 Å². The van der Waals surface area contributed by atoms with E-state index in [0.29, 0.717) is 24.9 Å². The van der Waals surface area contributed by atoms with Crippen LogP contribution in [0.25, 0.3) is 0 Å². The Labute approximate surface area is 249 Å². The summed E-state index contributed by atoms with van der Waals surface area (Å²) in [4.78, 5) is 48.3. The molecule has 228 valence electrons. The number of hydrogen-bond acceptors (Lipinski definition) is 7. The van der Waals surface area contributed by atoms with E-state index in [4.69, 9.17) is 9.47 Å². The zero-order chi connectivity index (χ0) is 30.2. The fourth-order valence-corrected chi connectivity index (χ4v) is 7.45. The molecule has 2 amide bonds. The maximum absolute atomic E-state index is 14.7. The predicted molar refractivity (Wildman–Crippen MR) is 161 cm³/mol. The lowest BCUT2D eigenvalue weighted by Gasteiger charge is -2.40. The number of aliphatic hydroxyl groups is 1. The van der Waals surface area contributed by atoms with E-state index in [1.807, 2.05) is 69.3 Å². The van der Waals surface area contributed by atoms with E-state index >= 15 is 0 Å². The molecular weight excluding hydrogens is 534 g/mol. The number of anilines is 2. The highest BCUT2D eigenvalue weighted by Crippen LogP contribution is 2.57. The molecule has 1 unspecified atom stereocenters. The number of hydrogen-bond donors (Lipinski definition) is 1. The van der Waals surface area contributed by atoms with Gasteiger partial charge in [-0.1, -0.05) is 38.2 Å². The van der Waals surface area contributed by atoms with Gasteiger partial charge in [-0.25, -0.2) is 0 Å². The average molecular weight is 580 g/mol. The molecule has 2 fully saturated rings. The molecule has 0 saturated carbocycles. The number of rotatable bonds is 8. The van der Waals surface area contributed by atoms with Gasteiger partial charge in [0.2, 0.25) is 5.91 Å². The fourth-order valence-electron chi connectivity index (χ4n) is 7.45. The summed E-state index contributed by atoms with van der Waals surface area (Å²) in [5.74, 6) is -2.86. The number of fused-ring (bicyclic) bond motifs is 2. The lowest BCUT2D eigenvalue weighted by molar-refractivity contribution is -0.159. The van der Waals surface area contributed by atoms with Crippen LogP contribution in [0.5, 0.6) is 0 Å². The third-order valence-corrected chi connectivity index (χ3v) is 9.33. The lowest BCUT2D eigenvalue weighted by Crippen LogP contribution is -2.59. The minimum Gasteiger partial charge on any atom is -0.465 e. The number of aliphatic hydroxyl groups excluding tert-OH is 1. The highest BCUT2D eigenvalue weighted by atomic mass is 16.6. The van der Waals surface area contributed by atoms with E-state index in [2.05, 4.69) is 18.7 Å². The third kappa shape index (κ3) is 4.94. The van der Waals surface area contributed by atoms with Crippen molar-refractivity contribution in [2.75, 3.05) is 42.6 Å². The van der Waals surface area contributed by atoms with Crippen molar-refractivity contribution < 1.29 is 29.0 Å². The molecular formula is C33H45N3O6. The normalized spacial score (nSPS) is 32.4. The molecule has 1 spiro atoms. The maximum Gasteiger partial charge on any atom is 0.313 e. The van der Waals surface area contributed by atoms with Gasteiger partial charge in [-0.05, 0) is 70.2 Å². The van der Waals surface area contributed by atoms with Gasteiger partial charge in [0.05, 0.1) is 30.8 Å². The summed E-state index contributed by atoms with van der Waals surface area (Å²) in [6.45, 7) is 12.1. The number of esters is 1. The fraction of sp³-hybridized carbons (Fsp3) is 0.606. The van der Waals surface area contributed by atoms with Crippen LogP contribution >= 0.6 is 0 Å². The Morgan fingerprint density at radius 1 is 1.02 bits per heavy atom. The molecule has 5 rings (SSSR count). The van der Waals surface area contributed by atoms with Crippen molar-refractivity contribution in [1.29, 1.82) is 0 Å². The summed E-state index contributed by atoms with van der Waals surface area (Å²) < 4.78 is 12.5. The van der Waals surface area contributed by atoms with Crippen LogP contribution in [-0.2, 0) is 23.9 Å². The van der Waals surface area contributed by atoms with Crippen LogP contribution < -0.4 is 9.80 Å². The summed E-state index contributed by atoms with van der Waals surface area (Å²) in [6.07, 6.45) is 9.46. The van der Waals surface area contributed by atoms with Gasteiger partial charge < -0.3 is 29.3 Å². The molecule has 1 aromatic rings. The Hall–Kier alpha value is -3.17. The molecule has 0 radical (unpaired) electrons.